The summed E-state index contributed by atoms with van der Waals surface area (Å²) >= 11 is 0. The second-order valence-electron chi connectivity index (χ2n) is 8.78. The molecule has 2 saturated carbocycles. The average molecular weight is 299 g/mol. The number of hydrogen-bond acceptors (Lipinski definition) is 0. The topological polar surface area (TPSA) is 0 Å². The predicted octanol–water partition coefficient (Wildman–Crippen LogP) is 6.82. The van der Waals surface area contributed by atoms with Crippen LogP contribution in [0.5, 0.6) is 0 Å². The quantitative estimate of drug-likeness (QED) is 0.501. The molecule has 22 heavy (non-hydrogen) atoms. The molecule has 0 spiro atoms. The number of fused-ring (bicyclic) bond motifs is 2. The van der Waals surface area contributed by atoms with E-state index in [1.807, 2.05) is 22.3 Å². The van der Waals surface area contributed by atoms with Crippen LogP contribution in [0.25, 0.3) is 0 Å². The monoisotopic (exact) mass is 298 g/mol. The molecule has 0 aromatic heterocycles. The highest BCUT2D eigenvalue weighted by Crippen LogP contribution is 2.49. The van der Waals surface area contributed by atoms with Gasteiger partial charge in [0, 0.05) is 0 Å². The van der Waals surface area contributed by atoms with Gasteiger partial charge in [-0.1, -0.05) is 48.0 Å². The molecule has 122 valence electrons. The fourth-order valence-corrected chi connectivity index (χ4v) is 6.42. The molecular weight excluding hydrogens is 264 g/mol. The molecule has 0 heteroatoms. The van der Waals surface area contributed by atoms with Gasteiger partial charge < -0.3 is 0 Å². The van der Waals surface area contributed by atoms with Gasteiger partial charge in [-0.25, -0.2) is 0 Å². The molecule has 2 fully saturated rings. The van der Waals surface area contributed by atoms with Gasteiger partial charge in [-0.15, -0.1) is 0 Å². The molecule has 0 saturated heterocycles. The van der Waals surface area contributed by atoms with Crippen molar-refractivity contribution in [3.05, 3.63) is 22.3 Å². The van der Waals surface area contributed by atoms with Crippen LogP contribution in [0.15, 0.2) is 22.3 Å². The Kier molecular flexibility index (Phi) is 4.22. The lowest BCUT2D eigenvalue weighted by Gasteiger charge is -2.26. The smallest absolute Gasteiger partial charge is 0.0172 e. The van der Waals surface area contributed by atoms with Gasteiger partial charge in [-0.2, -0.15) is 0 Å². The number of hydrogen-bond donors (Lipinski definition) is 0. The average Bonchev–Trinajstić information content (AvgIpc) is 3.04. The Balaban J connectivity index is 1.40. The molecule has 4 unspecified atom stereocenters. The Morgan fingerprint density at radius 1 is 0.636 bits per heavy atom. The molecule has 0 amide bonds. The molecule has 0 aliphatic heterocycles. The Morgan fingerprint density at radius 2 is 1.05 bits per heavy atom. The first kappa shape index (κ1) is 15.0. The molecule has 0 bridgehead atoms. The van der Waals surface area contributed by atoms with E-state index in [1.54, 1.807) is 0 Å². The zero-order chi connectivity index (χ0) is 15.1. The van der Waals surface area contributed by atoms with Crippen LogP contribution in [0.2, 0.25) is 0 Å². The summed E-state index contributed by atoms with van der Waals surface area (Å²) in [6.07, 6.45) is 17.7. The van der Waals surface area contributed by atoms with Crippen molar-refractivity contribution in [2.45, 2.75) is 90.9 Å². The van der Waals surface area contributed by atoms with Crippen molar-refractivity contribution in [3.63, 3.8) is 0 Å². The van der Waals surface area contributed by atoms with Gasteiger partial charge >= 0.3 is 0 Å². The van der Waals surface area contributed by atoms with Crippen LogP contribution in [-0.2, 0) is 0 Å². The van der Waals surface area contributed by atoms with Crippen molar-refractivity contribution in [1.29, 1.82) is 0 Å². The minimum Gasteiger partial charge on any atom is -0.0707 e. The third-order valence-electron chi connectivity index (χ3n) is 7.79. The molecule has 4 rings (SSSR count). The number of rotatable bonds is 3. The lowest BCUT2D eigenvalue weighted by molar-refractivity contribution is 0.292. The van der Waals surface area contributed by atoms with Gasteiger partial charge in [0.1, 0.15) is 0 Å². The van der Waals surface area contributed by atoms with E-state index in [-0.39, 0.29) is 0 Å². The lowest BCUT2D eigenvalue weighted by atomic mass is 9.79. The first-order valence-electron chi connectivity index (χ1n) is 10.1. The van der Waals surface area contributed by atoms with E-state index in [0.29, 0.717) is 0 Å². The first-order chi connectivity index (χ1) is 10.7. The summed E-state index contributed by atoms with van der Waals surface area (Å²) in [6.45, 7) is 4.95. The Labute approximate surface area is 137 Å². The fourth-order valence-electron chi connectivity index (χ4n) is 6.42. The Hall–Kier alpha value is -0.520. The largest absolute Gasteiger partial charge is 0.0707 e. The molecular formula is C22H34. The molecule has 0 aromatic carbocycles. The molecule has 4 aliphatic rings. The molecule has 4 aliphatic carbocycles. The maximum Gasteiger partial charge on any atom is -0.0172 e. The van der Waals surface area contributed by atoms with Crippen LogP contribution in [0, 0.1) is 23.7 Å². The minimum absolute atomic E-state index is 0.977. The van der Waals surface area contributed by atoms with E-state index >= 15 is 0 Å². The van der Waals surface area contributed by atoms with Gasteiger partial charge in [-0.3, -0.25) is 0 Å². The van der Waals surface area contributed by atoms with E-state index in [0.717, 1.165) is 23.7 Å². The zero-order valence-corrected chi connectivity index (χ0v) is 14.8. The molecule has 0 radical (unpaired) electrons. The van der Waals surface area contributed by atoms with Gasteiger partial charge in [0.25, 0.3) is 0 Å². The van der Waals surface area contributed by atoms with Crippen molar-refractivity contribution in [3.8, 4) is 0 Å². The van der Waals surface area contributed by atoms with Crippen LogP contribution >= 0.6 is 0 Å². The Morgan fingerprint density at radius 3 is 1.45 bits per heavy atom. The molecule has 0 nitrogen and oxygen atoms in total. The van der Waals surface area contributed by atoms with Crippen molar-refractivity contribution in [1.82, 2.24) is 0 Å². The third kappa shape index (κ3) is 2.61. The van der Waals surface area contributed by atoms with E-state index in [9.17, 15) is 0 Å². The van der Waals surface area contributed by atoms with Crippen molar-refractivity contribution in [2.24, 2.45) is 23.7 Å². The van der Waals surface area contributed by atoms with Gasteiger partial charge in [0.2, 0.25) is 0 Å². The summed E-state index contributed by atoms with van der Waals surface area (Å²) in [5, 5.41) is 0. The highest BCUT2D eigenvalue weighted by molar-refractivity contribution is 5.28. The summed E-state index contributed by atoms with van der Waals surface area (Å²) in [5.41, 5.74) is 7.37. The van der Waals surface area contributed by atoms with E-state index in [4.69, 9.17) is 0 Å². The second-order valence-corrected chi connectivity index (χ2v) is 8.78. The zero-order valence-electron chi connectivity index (χ0n) is 14.8. The highest BCUT2D eigenvalue weighted by Gasteiger charge is 2.36. The standard InChI is InChI=1S/C22H34/c1-15-17(13-19-7-3-5-9-21(15)19)11-12-18-14-20-8-4-6-10-22(20)16(18)2/h19-22H,3-14H2,1-2H3. The van der Waals surface area contributed by atoms with E-state index in [1.165, 1.54) is 77.0 Å². The van der Waals surface area contributed by atoms with Crippen molar-refractivity contribution in [2.75, 3.05) is 0 Å². The number of allylic oxidation sites excluding steroid dienone is 4. The van der Waals surface area contributed by atoms with E-state index in [2.05, 4.69) is 13.8 Å². The maximum atomic E-state index is 2.47. The summed E-state index contributed by atoms with van der Waals surface area (Å²) in [4.78, 5) is 0. The van der Waals surface area contributed by atoms with Gasteiger partial charge in [0.05, 0.1) is 0 Å². The maximum absolute atomic E-state index is 2.47. The molecule has 0 N–H and O–H groups in total. The SMILES string of the molecule is CC1=C(CCC2=C(C)C3CCCCC3C2)CC2CCCCC12. The first-order valence-corrected chi connectivity index (χ1v) is 10.1. The fraction of sp³-hybridized carbons (Fsp3) is 0.818. The van der Waals surface area contributed by atoms with Gasteiger partial charge in [0.15, 0.2) is 0 Å². The second kappa shape index (κ2) is 6.17. The summed E-state index contributed by atoms with van der Waals surface area (Å²) in [7, 11) is 0. The summed E-state index contributed by atoms with van der Waals surface area (Å²) in [6, 6.07) is 0. The van der Waals surface area contributed by atoms with Crippen LogP contribution in [0.1, 0.15) is 90.9 Å². The normalized spacial score (nSPS) is 38.5. The third-order valence-corrected chi connectivity index (χ3v) is 7.79. The van der Waals surface area contributed by atoms with Crippen LogP contribution in [-0.4, -0.2) is 0 Å². The summed E-state index contributed by atoms with van der Waals surface area (Å²) in [5.74, 6) is 4.02. The minimum atomic E-state index is 0.977. The van der Waals surface area contributed by atoms with Crippen LogP contribution in [0.4, 0.5) is 0 Å². The highest BCUT2D eigenvalue weighted by atomic mass is 14.4. The van der Waals surface area contributed by atoms with Crippen molar-refractivity contribution < 1.29 is 0 Å². The summed E-state index contributed by atoms with van der Waals surface area (Å²) < 4.78 is 0. The van der Waals surface area contributed by atoms with E-state index < -0.39 is 0 Å². The predicted molar refractivity (Wildman–Crippen MR) is 94.8 cm³/mol. The molecule has 0 heterocycles. The van der Waals surface area contributed by atoms with Crippen LogP contribution < -0.4 is 0 Å². The van der Waals surface area contributed by atoms with Gasteiger partial charge in [-0.05, 0) is 88.9 Å². The Bertz CT molecular complexity index is 446. The lowest BCUT2D eigenvalue weighted by Crippen LogP contribution is -2.15. The van der Waals surface area contributed by atoms with Crippen LogP contribution in [0.3, 0.4) is 0 Å². The molecule has 4 atom stereocenters. The van der Waals surface area contributed by atoms with Crippen molar-refractivity contribution >= 4 is 0 Å². The molecule has 0 aromatic rings.